The van der Waals surface area contributed by atoms with Gasteiger partial charge in [0.2, 0.25) is 10.0 Å². The van der Waals surface area contributed by atoms with Crippen molar-refractivity contribution >= 4 is 15.9 Å². The van der Waals surface area contributed by atoms with Crippen molar-refractivity contribution in [2.24, 2.45) is 0 Å². The molecule has 0 aromatic heterocycles. The van der Waals surface area contributed by atoms with Gasteiger partial charge in [0.1, 0.15) is 12.4 Å². The molecular formula is C16H14F4N2O3S. The van der Waals surface area contributed by atoms with Crippen LogP contribution in [0.25, 0.3) is 0 Å². The second-order valence-electron chi connectivity index (χ2n) is 5.24. The first-order valence-corrected chi connectivity index (χ1v) is 8.75. The summed E-state index contributed by atoms with van der Waals surface area (Å²) in [5.74, 6) is -1.54. The Labute approximate surface area is 147 Å². The highest BCUT2D eigenvalue weighted by molar-refractivity contribution is 7.89. The molecule has 140 valence electrons. The van der Waals surface area contributed by atoms with E-state index < -0.39 is 34.5 Å². The third-order valence-electron chi connectivity index (χ3n) is 3.29. The average Bonchev–Trinajstić information content (AvgIpc) is 2.58. The van der Waals surface area contributed by atoms with Crippen LogP contribution in [0.1, 0.15) is 15.9 Å². The summed E-state index contributed by atoms with van der Waals surface area (Å²) in [6, 6.07) is 9.96. The van der Waals surface area contributed by atoms with E-state index in [4.69, 9.17) is 0 Å². The van der Waals surface area contributed by atoms with Gasteiger partial charge in [0.05, 0.1) is 4.90 Å². The Morgan fingerprint density at radius 3 is 2.19 bits per heavy atom. The Morgan fingerprint density at radius 1 is 1.00 bits per heavy atom. The number of halogens is 4. The summed E-state index contributed by atoms with van der Waals surface area (Å²) in [5.41, 5.74) is 0.0292. The van der Waals surface area contributed by atoms with E-state index in [2.05, 4.69) is 4.72 Å². The smallest absolute Gasteiger partial charge is 0.343 e. The minimum atomic E-state index is -4.55. The SMILES string of the molecule is O=C(NCC(F)(F)F)c1ccc(S(=O)(=O)NCc2ccccc2F)cc1. The molecule has 0 heterocycles. The van der Waals surface area contributed by atoms with Crippen molar-refractivity contribution in [1.29, 1.82) is 0 Å². The zero-order valence-electron chi connectivity index (χ0n) is 13.2. The van der Waals surface area contributed by atoms with Crippen LogP contribution in [0.2, 0.25) is 0 Å². The molecule has 0 atom stereocenters. The van der Waals surface area contributed by atoms with Crippen molar-refractivity contribution < 1.29 is 30.8 Å². The molecule has 0 fully saturated rings. The maximum atomic E-state index is 13.5. The van der Waals surface area contributed by atoms with Crippen molar-refractivity contribution in [2.75, 3.05) is 6.54 Å². The van der Waals surface area contributed by atoms with Crippen LogP contribution in [-0.2, 0) is 16.6 Å². The highest BCUT2D eigenvalue weighted by Crippen LogP contribution is 2.15. The van der Waals surface area contributed by atoms with Gasteiger partial charge in [-0.2, -0.15) is 13.2 Å². The van der Waals surface area contributed by atoms with Crippen molar-refractivity contribution in [3.63, 3.8) is 0 Å². The molecule has 26 heavy (non-hydrogen) atoms. The van der Waals surface area contributed by atoms with Crippen LogP contribution in [-0.4, -0.2) is 27.0 Å². The predicted octanol–water partition coefficient (Wildman–Crippen LogP) is 2.60. The minimum absolute atomic E-state index is 0.123. The molecule has 2 rings (SSSR count). The van der Waals surface area contributed by atoms with E-state index in [-0.39, 0.29) is 22.6 Å². The minimum Gasteiger partial charge on any atom is -0.343 e. The fourth-order valence-corrected chi connectivity index (χ4v) is 2.97. The molecule has 0 aliphatic carbocycles. The quantitative estimate of drug-likeness (QED) is 0.745. The fourth-order valence-electron chi connectivity index (χ4n) is 1.97. The molecule has 1 amide bonds. The first kappa shape index (κ1) is 19.9. The number of nitrogens with one attached hydrogen (secondary N) is 2. The highest BCUT2D eigenvalue weighted by Gasteiger charge is 2.28. The Balaban J connectivity index is 2.04. The number of hydrogen-bond donors (Lipinski definition) is 2. The molecule has 5 nitrogen and oxygen atoms in total. The summed E-state index contributed by atoms with van der Waals surface area (Å²) in [5, 5.41) is 1.68. The predicted molar refractivity (Wildman–Crippen MR) is 85.3 cm³/mol. The summed E-state index contributed by atoms with van der Waals surface area (Å²) in [6.07, 6.45) is -4.55. The van der Waals surface area contributed by atoms with E-state index >= 15 is 0 Å². The third-order valence-corrected chi connectivity index (χ3v) is 4.70. The molecule has 2 aromatic rings. The number of benzene rings is 2. The Morgan fingerprint density at radius 2 is 1.62 bits per heavy atom. The van der Waals surface area contributed by atoms with E-state index in [0.29, 0.717) is 0 Å². The van der Waals surface area contributed by atoms with Gasteiger partial charge in [-0.1, -0.05) is 18.2 Å². The zero-order chi connectivity index (χ0) is 19.4. The van der Waals surface area contributed by atoms with Crippen molar-refractivity contribution in [1.82, 2.24) is 10.0 Å². The molecule has 0 radical (unpaired) electrons. The van der Waals surface area contributed by atoms with Gasteiger partial charge < -0.3 is 5.32 Å². The van der Waals surface area contributed by atoms with E-state index in [1.807, 2.05) is 0 Å². The fraction of sp³-hybridized carbons (Fsp3) is 0.188. The number of alkyl halides is 3. The number of hydrogen-bond acceptors (Lipinski definition) is 3. The largest absolute Gasteiger partial charge is 0.405 e. The van der Waals surface area contributed by atoms with Crippen molar-refractivity contribution in [3.05, 3.63) is 65.5 Å². The van der Waals surface area contributed by atoms with E-state index in [1.54, 1.807) is 11.4 Å². The second kappa shape index (κ2) is 7.83. The first-order valence-electron chi connectivity index (χ1n) is 7.26. The normalized spacial score (nSPS) is 12.0. The molecular weight excluding hydrogens is 376 g/mol. The van der Waals surface area contributed by atoms with Crippen LogP contribution in [0.4, 0.5) is 17.6 Å². The van der Waals surface area contributed by atoms with Crippen LogP contribution in [0.15, 0.2) is 53.4 Å². The van der Waals surface area contributed by atoms with Crippen LogP contribution < -0.4 is 10.0 Å². The summed E-state index contributed by atoms with van der Waals surface area (Å²) in [7, 11) is -3.98. The summed E-state index contributed by atoms with van der Waals surface area (Å²) >= 11 is 0. The number of rotatable bonds is 6. The molecule has 0 aliphatic rings. The first-order chi connectivity index (χ1) is 12.1. The van der Waals surface area contributed by atoms with Gasteiger partial charge in [0.25, 0.3) is 5.91 Å². The Kier molecular flexibility index (Phi) is 5.98. The van der Waals surface area contributed by atoms with Crippen molar-refractivity contribution in [2.45, 2.75) is 17.6 Å². The molecule has 2 N–H and O–H groups in total. The van der Waals surface area contributed by atoms with Gasteiger partial charge >= 0.3 is 6.18 Å². The lowest BCUT2D eigenvalue weighted by molar-refractivity contribution is -0.123. The van der Waals surface area contributed by atoms with Crippen molar-refractivity contribution in [3.8, 4) is 0 Å². The van der Waals surface area contributed by atoms with Gasteiger partial charge in [-0.15, -0.1) is 0 Å². The lowest BCUT2D eigenvalue weighted by atomic mass is 10.2. The van der Waals surface area contributed by atoms with Crippen LogP contribution in [0.5, 0.6) is 0 Å². The lowest BCUT2D eigenvalue weighted by Crippen LogP contribution is -2.33. The Hall–Kier alpha value is -2.46. The van der Waals surface area contributed by atoms with Gasteiger partial charge in [-0.3, -0.25) is 4.79 Å². The van der Waals surface area contributed by atoms with Crippen LogP contribution in [0, 0.1) is 5.82 Å². The molecule has 0 unspecified atom stereocenters. The molecule has 10 heteroatoms. The second-order valence-corrected chi connectivity index (χ2v) is 7.01. The molecule has 0 saturated carbocycles. The number of carbonyl (C=O) groups excluding carboxylic acids is 1. The average molecular weight is 390 g/mol. The Bertz CT molecular complexity index is 881. The molecule has 2 aromatic carbocycles. The van der Waals surface area contributed by atoms with E-state index in [1.165, 1.54) is 18.2 Å². The van der Waals surface area contributed by atoms with Crippen LogP contribution >= 0.6 is 0 Å². The number of sulfonamides is 1. The molecule has 0 aliphatic heterocycles. The molecule has 0 spiro atoms. The maximum Gasteiger partial charge on any atom is 0.405 e. The maximum absolute atomic E-state index is 13.5. The van der Waals surface area contributed by atoms with Gasteiger partial charge in [-0.05, 0) is 30.3 Å². The van der Waals surface area contributed by atoms with E-state index in [9.17, 15) is 30.8 Å². The van der Waals surface area contributed by atoms with Gasteiger partial charge in [0.15, 0.2) is 0 Å². The van der Waals surface area contributed by atoms with Crippen LogP contribution in [0.3, 0.4) is 0 Å². The third kappa shape index (κ3) is 5.53. The standard InChI is InChI=1S/C16H14F4N2O3S/c17-14-4-2-1-3-12(14)9-22-26(24,25)13-7-5-11(6-8-13)15(23)21-10-16(18,19)20/h1-8,22H,9-10H2,(H,21,23). The topological polar surface area (TPSA) is 75.3 Å². The highest BCUT2D eigenvalue weighted by atomic mass is 32.2. The van der Waals surface area contributed by atoms with E-state index in [0.717, 1.165) is 24.3 Å². The summed E-state index contributed by atoms with van der Waals surface area (Å²) < 4.78 is 76.3. The summed E-state index contributed by atoms with van der Waals surface area (Å²) in [4.78, 5) is 11.4. The molecule has 0 bridgehead atoms. The lowest BCUT2D eigenvalue weighted by Gasteiger charge is -2.10. The zero-order valence-corrected chi connectivity index (χ0v) is 14.0. The number of carbonyl (C=O) groups is 1. The monoisotopic (exact) mass is 390 g/mol. The summed E-state index contributed by atoms with van der Waals surface area (Å²) in [6.45, 7) is -1.76. The van der Waals surface area contributed by atoms with Gasteiger partial charge in [-0.25, -0.2) is 17.5 Å². The van der Waals surface area contributed by atoms with Gasteiger partial charge in [0, 0.05) is 17.7 Å². The number of amides is 1. The molecule has 0 saturated heterocycles.